The Bertz CT molecular complexity index is 656. The minimum Gasteiger partial charge on any atom is -0.388 e. The lowest BCUT2D eigenvalue weighted by atomic mass is 10.1. The summed E-state index contributed by atoms with van der Waals surface area (Å²) >= 11 is 0. The highest BCUT2D eigenvalue weighted by molar-refractivity contribution is 14.0. The first-order chi connectivity index (χ1) is 12.5. The third kappa shape index (κ3) is 9.22. The summed E-state index contributed by atoms with van der Waals surface area (Å²) in [6.45, 7) is 5.97. The monoisotopic (exact) mass is 510 g/mol. The average molecular weight is 510 g/mol. The number of guanidine groups is 1. The van der Waals surface area contributed by atoms with Crippen LogP contribution in [0, 0.1) is 0 Å². The number of nitrogens with one attached hydrogen (secondary N) is 2. The fourth-order valence-electron chi connectivity index (χ4n) is 2.79. The highest BCUT2D eigenvalue weighted by atomic mass is 127. The molecule has 154 valence electrons. The number of aliphatic imine (C=N–C) groups is 1. The largest absolute Gasteiger partial charge is 0.388 e. The van der Waals surface area contributed by atoms with Crippen molar-refractivity contribution in [1.29, 1.82) is 0 Å². The highest BCUT2D eigenvalue weighted by Gasteiger charge is 2.20. The van der Waals surface area contributed by atoms with Crippen LogP contribution >= 0.6 is 24.0 Å². The minimum absolute atomic E-state index is 0. The summed E-state index contributed by atoms with van der Waals surface area (Å²) in [6, 6.07) is 9.59. The molecule has 1 saturated heterocycles. The number of benzene rings is 1. The number of halogens is 1. The molecule has 1 aromatic carbocycles. The molecule has 7 nitrogen and oxygen atoms in total. The van der Waals surface area contributed by atoms with Crippen LogP contribution in [-0.2, 0) is 9.84 Å². The van der Waals surface area contributed by atoms with Gasteiger partial charge in [-0.05, 0) is 18.9 Å². The Kier molecular flexibility index (Phi) is 11.2. The fraction of sp³-hybridized carbons (Fsp3) is 0.611. The lowest BCUT2D eigenvalue weighted by Gasteiger charge is -2.26. The summed E-state index contributed by atoms with van der Waals surface area (Å²) in [5.41, 5.74) is 0.903. The molecule has 1 fully saturated rings. The predicted octanol–water partition coefficient (Wildman–Crippen LogP) is 1.01. The molecule has 27 heavy (non-hydrogen) atoms. The van der Waals surface area contributed by atoms with Gasteiger partial charge in [-0.25, -0.2) is 8.42 Å². The van der Waals surface area contributed by atoms with E-state index in [1.807, 2.05) is 37.3 Å². The molecule has 3 N–H and O–H groups in total. The highest BCUT2D eigenvalue weighted by Crippen LogP contribution is 2.15. The molecule has 0 bridgehead atoms. The third-order valence-electron chi connectivity index (χ3n) is 4.36. The quantitative estimate of drug-likeness (QED) is 0.275. The average Bonchev–Trinajstić information content (AvgIpc) is 2.63. The second kappa shape index (κ2) is 12.5. The summed E-state index contributed by atoms with van der Waals surface area (Å²) in [4.78, 5) is 6.65. The van der Waals surface area contributed by atoms with E-state index >= 15 is 0 Å². The summed E-state index contributed by atoms with van der Waals surface area (Å²) in [5.74, 6) is 1.22. The number of aliphatic hydroxyl groups is 1. The maximum Gasteiger partial charge on any atom is 0.191 e. The van der Waals surface area contributed by atoms with E-state index in [0.717, 1.165) is 24.6 Å². The zero-order chi connectivity index (χ0) is 18.8. The Hall–Kier alpha value is -0.910. The topological polar surface area (TPSA) is 94.0 Å². The summed E-state index contributed by atoms with van der Waals surface area (Å²) < 4.78 is 22.9. The van der Waals surface area contributed by atoms with Gasteiger partial charge >= 0.3 is 0 Å². The molecule has 1 aromatic rings. The molecule has 0 aromatic heterocycles. The van der Waals surface area contributed by atoms with E-state index in [1.54, 1.807) is 0 Å². The first kappa shape index (κ1) is 24.1. The van der Waals surface area contributed by atoms with Crippen LogP contribution < -0.4 is 10.6 Å². The van der Waals surface area contributed by atoms with E-state index in [-0.39, 0.29) is 35.5 Å². The van der Waals surface area contributed by atoms with Crippen molar-refractivity contribution in [2.75, 3.05) is 50.8 Å². The van der Waals surface area contributed by atoms with Crippen LogP contribution in [0.4, 0.5) is 0 Å². The van der Waals surface area contributed by atoms with Gasteiger partial charge in [-0.2, -0.15) is 0 Å². The van der Waals surface area contributed by atoms with Crippen LogP contribution in [0.1, 0.15) is 25.0 Å². The molecule has 1 heterocycles. The van der Waals surface area contributed by atoms with Crippen LogP contribution in [0.25, 0.3) is 0 Å². The van der Waals surface area contributed by atoms with Crippen LogP contribution in [0.3, 0.4) is 0 Å². The van der Waals surface area contributed by atoms with Gasteiger partial charge in [0.05, 0.1) is 17.6 Å². The lowest BCUT2D eigenvalue weighted by molar-refractivity contribution is 0.170. The third-order valence-corrected chi connectivity index (χ3v) is 5.97. The van der Waals surface area contributed by atoms with Crippen molar-refractivity contribution in [3.8, 4) is 0 Å². The number of hydrogen-bond donors (Lipinski definition) is 3. The van der Waals surface area contributed by atoms with Crippen LogP contribution in [0.2, 0.25) is 0 Å². The van der Waals surface area contributed by atoms with E-state index < -0.39 is 15.9 Å². The Labute approximate surface area is 179 Å². The molecule has 2 rings (SSSR count). The maximum atomic E-state index is 11.4. The zero-order valence-electron chi connectivity index (χ0n) is 15.8. The van der Waals surface area contributed by atoms with Gasteiger partial charge in [0, 0.05) is 39.3 Å². The Morgan fingerprint density at radius 3 is 2.52 bits per heavy atom. The number of sulfone groups is 1. The molecular weight excluding hydrogens is 479 g/mol. The second-order valence-electron chi connectivity index (χ2n) is 6.40. The molecule has 1 aliphatic rings. The van der Waals surface area contributed by atoms with E-state index in [9.17, 15) is 13.5 Å². The number of rotatable bonds is 8. The van der Waals surface area contributed by atoms with Crippen molar-refractivity contribution in [2.24, 2.45) is 4.99 Å². The number of aliphatic hydroxyl groups excluding tert-OH is 1. The molecule has 1 aliphatic heterocycles. The zero-order valence-corrected chi connectivity index (χ0v) is 18.9. The molecular formula is C18H31IN4O3S. The van der Waals surface area contributed by atoms with Crippen molar-refractivity contribution in [3.05, 3.63) is 35.9 Å². The molecule has 0 radical (unpaired) electrons. The van der Waals surface area contributed by atoms with E-state index in [1.165, 1.54) is 0 Å². The van der Waals surface area contributed by atoms with E-state index in [2.05, 4.69) is 20.5 Å². The maximum absolute atomic E-state index is 11.4. The molecule has 1 atom stereocenters. The Morgan fingerprint density at radius 2 is 1.89 bits per heavy atom. The lowest BCUT2D eigenvalue weighted by Crippen LogP contribution is -2.46. The van der Waals surface area contributed by atoms with Gasteiger partial charge in [0.2, 0.25) is 0 Å². The first-order valence-electron chi connectivity index (χ1n) is 9.18. The van der Waals surface area contributed by atoms with Crippen molar-refractivity contribution in [1.82, 2.24) is 15.5 Å². The summed E-state index contributed by atoms with van der Waals surface area (Å²) in [7, 11) is -2.83. The minimum atomic E-state index is -2.83. The standard InChI is InChI=1S/C18H30N4O3S.HI/c1-2-19-18(20-9-8-17(23)16-6-4-3-5-7-16)21-10-11-22-12-14-26(24,25)15-13-22;/h3-7,17,23H,2,8-15H2,1H3,(H2,19,20,21);1H. The first-order valence-corrected chi connectivity index (χ1v) is 11.0. The molecule has 9 heteroatoms. The molecule has 0 spiro atoms. The SMILES string of the molecule is CCNC(=NCCC(O)c1ccccc1)NCCN1CCS(=O)(=O)CC1.I. The van der Waals surface area contributed by atoms with E-state index in [0.29, 0.717) is 32.6 Å². The molecule has 0 aliphatic carbocycles. The Morgan fingerprint density at radius 1 is 1.22 bits per heavy atom. The number of nitrogens with zero attached hydrogens (tertiary/aromatic N) is 2. The van der Waals surface area contributed by atoms with Crippen LogP contribution in [0.5, 0.6) is 0 Å². The second-order valence-corrected chi connectivity index (χ2v) is 8.70. The summed E-state index contributed by atoms with van der Waals surface area (Å²) in [5, 5.41) is 16.6. The van der Waals surface area contributed by atoms with Crippen molar-refractivity contribution < 1.29 is 13.5 Å². The van der Waals surface area contributed by atoms with Gasteiger partial charge in [-0.15, -0.1) is 24.0 Å². The van der Waals surface area contributed by atoms with Crippen molar-refractivity contribution in [2.45, 2.75) is 19.4 Å². The smallest absolute Gasteiger partial charge is 0.191 e. The van der Waals surface area contributed by atoms with Crippen LogP contribution in [0.15, 0.2) is 35.3 Å². The van der Waals surface area contributed by atoms with Gasteiger partial charge in [-0.1, -0.05) is 30.3 Å². The van der Waals surface area contributed by atoms with Crippen LogP contribution in [-0.4, -0.2) is 75.2 Å². The van der Waals surface area contributed by atoms with Gasteiger partial charge in [0.1, 0.15) is 0 Å². The van der Waals surface area contributed by atoms with Gasteiger partial charge in [-0.3, -0.25) is 9.89 Å². The summed E-state index contributed by atoms with van der Waals surface area (Å²) in [6.07, 6.45) is 0.0445. The predicted molar refractivity (Wildman–Crippen MR) is 121 cm³/mol. The molecule has 0 saturated carbocycles. The van der Waals surface area contributed by atoms with E-state index in [4.69, 9.17) is 0 Å². The van der Waals surface area contributed by atoms with Crippen molar-refractivity contribution >= 4 is 39.8 Å². The number of hydrogen-bond acceptors (Lipinski definition) is 5. The normalized spacial score (nSPS) is 18.4. The van der Waals surface area contributed by atoms with Gasteiger partial charge in [0.25, 0.3) is 0 Å². The van der Waals surface area contributed by atoms with Gasteiger partial charge in [0.15, 0.2) is 15.8 Å². The fourth-order valence-corrected chi connectivity index (χ4v) is 4.07. The van der Waals surface area contributed by atoms with Gasteiger partial charge < -0.3 is 15.7 Å². The molecule has 1 unspecified atom stereocenters. The molecule has 0 amide bonds. The Balaban J connectivity index is 0.00000364. The van der Waals surface area contributed by atoms with Crippen molar-refractivity contribution in [3.63, 3.8) is 0 Å².